The second kappa shape index (κ2) is 13.0. The molecule has 2 aliphatic rings. The van der Waals surface area contributed by atoms with E-state index < -0.39 is 27.5 Å². The number of benzene rings is 2. The molecule has 1 saturated heterocycles. The van der Waals surface area contributed by atoms with Crippen LogP contribution < -0.4 is 9.80 Å². The van der Waals surface area contributed by atoms with E-state index in [0.29, 0.717) is 69.6 Å². The van der Waals surface area contributed by atoms with Gasteiger partial charge in [0.15, 0.2) is 5.65 Å². The average molecular weight is 800 g/mol. The Kier molecular flexibility index (Phi) is 9.26. The number of aromatic nitrogens is 2. The van der Waals surface area contributed by atoms with Crippen molar-refractivity contribution >= 4 is 72.9 Å². The van der Waals surface area contributed by atoms with Crippen molar-refractivity contribution in [3.63, 3.8) is 0 Å². The smallest absolute Gasteiger partial charge is 0.417 e. The van der Waals surface area contributed by atoms with E-state index in [1.165, 1.54) is 21.9 Å². The molecule has 0 atom stereocenters. The molecule has 0 saturated carbocycles. The number of likely N-dealkylation sites (tertiary alicyclic amines) is 1. The van der Waals surface area contributed by atoms with E-state index in [9.17, 15) is 27.9 Å². The molecule has 0 unspecified atom stereocenters. The van der Waals surface area contributed by atoms with Gasteiger partial charge in [0, 0.05) is 40.1 Å². The molecule has 0 spiro atoms. The number of nitrogens with zero attached hydrogens (tertiary/aromatic N) is 5. The molecule has 1 fully saturated rings. The summed E-state index contributed by atoms with van der Waals surface area (Å²) < 4.78 is 31.3. The zero-order valence-electron chi connectivity index (χ0n) is 27.9. The average Bonchev–Trinajstić information content (AvgIpc) is 3.35. The fourth-order valence-corrected chi connectivity index (χ4v) is 8.68. The maximum absolute atomic E-state index is 13.6. The zero-order valence-corrected chi connectivity index (χ0v) is 30.9. The highest BCUT2D eigenvalue weighted by Crippen LogP contribution is 2.42. The molecule has 49 heavy (non-hydrogen) atoms. The quantitative estimate of drug-likeness (QED) is 0.174. The Morgan fingerprint density at radius 2 is 1.67 bits per heavy atom. The molecule has 12 nitrogen and oxygen atoms in total. The number of anilines is 2. The van der Waals surface area contributed by atoms with Gasteiger partial charge in [-0.25, -0.2) is 32.4 Å². The first-order chi connectivity index (χ1) is 23.0. The van der Waals surface area contributed by atoms with Crippen LogP contribution in [0.3, 0.4) is 0 Å². The Balaban J connectivity index is 1.31. The fraction of sp³-hybridized carbons (Fsp3) is 0.371. The van der Waals surface area contributed by atoms with Crippen molar-refractivity contribution in [3.8, 4) is 11.3 Å². The first kappa shape index (κ1) is 34.8. The lowest BCUT2D eigenvalue weighted by Crippen LogP contribution is -2.45. The lowest BCUT2D eigenvalue weighted by Gasteiger charge is -2.35. The third kappa shape index (κ3) is 6.90. The second-order valence-corrected chi connectivity index (χ2v) is 17.0. The number of carboxylic acid groups (broad SMARTS) is 1. The van der Waals surface area contributed by atoms with Crippen LogP contribution in [0.2, 0.25) is 0 Å². The van der Waals surface area contributed by atoms with Crippen LogP contribution in [-0.2, 0) is 27.7 Å². The standard InChI is InChI=1S/C35H38IN5O7S/c1-35(2,3)48-32(42)23-10-12-24(13-11-23)40-20-26-27(38(4)33(40)43)18-37-31-28(26)29(36)30(41(31)34(44)45)22-8-6-21(7-9-22)19-39-16-14-25(15-17-39)49(5,46)47/h6-13,18,25H,14-17,19-20H2,1-5H3,(H,44,45). The fourth-order valence-electron chi connectivity index (χ4n) is 6.49. The number of halogens is 1. The number of carbonyl (C=O) groups excluding carboxylic acids is 2. The number of amides is 2. The van der Waals surface area contributed by atoms with E-state index in [1.807, 2.05) is 24.3 Å². The van der Waals surface area contributed by atoms with Gasteiger partial charge in [0.1, 0.15) is 15.4 Å². The molecular formula is C35H38IN5O7S. The number of sulfone groups is 1. The Bertz CT molecular complexity index is 2060. The van der Waals surface area contributed by atoms with Gasteiger partial charge in [-0.05, 0) is 105 Å². The summed E-state index contributed by atoms with van der Waals surface area (Å²) in [5.41, 5.74) is 4.13. The van der Waals surface area contributed by atoms with Gasteiger partial charge in [0.05, 0.1) is 34.9 Å². The summed E-state index contributed by atoms with van der Waals surface area (Å²) in [6, 6.07) is 14.1. The molecule has 2 aromatic heterocycles. The van der Waals surface area contributed by atoms with Crippen LogP contribution in [0.25, 0.3) is 22.3 Å². The van der Waals surface area contributed by atoms with Gasteiger partial charge in [0.25, 0.3) is 0 Å². The van der Waals surface area contributed by atoms with Crippen LogP contribution in [0.1, 0.15) is 55.1 Å². The summed E-state index contributed by atoms with van der Waals surface area (Å²) in [7, 11) is -1.39. The first-order valence-corrected chi connectivity index (χ1v) is 18.9. The molecule has 4 aromatic rings. The number of hydrogen-bond acceptors (Lipinski definition) is 8. The highest BCUT2D eigenvalue weighted by Gasteiger charge is 2.34. The highest BCUT2D eigenvalue weighted by atomic mass is 127. The van der Waals surface area contributed by atoms with E-state index in [-0.39, 0.29) is 23.5 Å². The van der Waals surface area contributed by atoms with E-state index >= 15 is 0 Å². The molecule has 0 radical (unpaired) electrons. The van der Waals surface area contributed by atoms with Crippen LogP contribution in [-0.4, -0.2) is 83.3 Å². The summed E-state index contributed by atoms with van der Waals surface area (Å²) in [5, 5.41) is 10.8. The molecule has 2 aliphatic heterocycles. The number of fused-ring (bicyclic) bond motifs is 3. The van der Waals surface area contributed by atoms with Crippen molar-refractivity contribution in [2.45, 2.75) is 57.6 Å². The van der Waals surface area contributed by atoms with Crippen LogP contribution in [0.15, 0.2) is 54.7 Å². The maximum atomic E-state index is 13.6. The third-order valence-corrected chi connectivity index (χ3v) is 11.7. The molecule has 0 aliphatic carbocycles. The molecule has 2 amide bonds. The van der Waals surface area contributed by atoms with Crippen molar-refractivity contribution in [2.24, 2.45) is 0 Å². The highest BCUT2D eigenvalue weighted by molar-refractivity contribution is 14.1. The molecule has 6 rings (SSSR count). The van der Waals surface area contributed by atoms with Gasteiger partial charge in [-0.2, -0.15) is 0 Å². The van der Waals surface area contributed by atoms with Crippen molar-refractivity contribution in [2.75, 3.05) is 36.2 Å². The normalized spacial score (nSPS) is 16.2. The SMILES string of the molecule is CN1C(=O)N(c2ccc(C(=O)OC(C)(C)C)cc2)Cc2c1cnc1c2c(I)c(-c2ccc(CN3CCC(S(C)(=O)=O)CC3)cc2)n1C(=O)O. The molecule has 4 heterocycles. The van der Waals surface area contributed by atoms with Gasteiger partial charge in [0.2, 0.25) is 0 Å². The summed E-state index contributed by atoms with van der Waals surface area (Å²) in [6.45, 7) is 7.61. The number of rotatable bonds is 6. The zero-order chi connectivity index (χ0) is 35.4. The van der Waals surface area contributed by atoms with E-state index in [0.717, 1.165) is 11.1 Å². The molecule has 258 valence electrons. The summed E-state index contributed by atoms with van der Waals surface area (Å²) >= 11 is 2.17. The Morgan fingerprint density at radius 1 is 1.04 bits per heavy atom. The number of carbonyl (C=O) groups is 3. The van der Waals surface area contributed by atoms with Crippen molar-refractivity contribution in [1.29, 1.82) is 0 Å². The van der Waals surface area contributed by atoms with Gasteiger partial charge >= 0.3 is 18.1 Å². The minimum atomic E-state index is -3.04. The number of esters is 1. The molecule has 1 N–H and O–H groups in total. The minimum absolute atomic E-state index is 0.164. The Hall–Kier alpha value is -4.02. The summed E-state index contributed by atoms with van der Waals surface area (Å²) in [5.74, 6) is -0.460. The molecule has 0 bridgehead atoms. The monoisotopic (exact) mass is 799 g/mol. The second-order valence-electron chi connectivity index (χ2n) is 13.6. The van der Waals surface area contributed by atoms with E-state index in [4.69, 9.17) is 4.74 Å². The number of urea groups is 1. The lowest BCUT2D eigenvalue weighted by atomic mass is 10.0. The van der Waals surface area contributed by atoms with Crippen LogP contribution in [0.4, 0.5) is 21.0 Å². The van der Waals surface area contributed by atoms with E-state index in [2.05, 4.69) is 32.5 Å². The number of hydrogen-bond donors (Lipinski definition) is 1. The van der Waals surface area contributed by atoms with Crippen LogP contribution in [0, 0.1) is 3.57 Å². The van der Waals surface area contributed by atoms with Gasteiger partial charge in [-0.3, -0.25) is 14.7 Å². The number of piperidine rings is 1. The Labute approximate surface area is 298 Å². The molecular weight excluding hydrogens is 761 g/mol. The van der Waals surface area contributed by atoms with Crippen molar-refractivity contribution in [3.05, 3.63) is 75.0 Å². The van der Waals surface area contributed by atoms with Gasteiger partial charge < -0.3 is 9.84 Å². The van der Waals surface area contributed by atoms with Crippen molar-refractivity contribution < 1.29 is 32.6 Å². The lowest BCUT2D eigenvalue weighted by molar-refractivity contribution is 0.00694. The summed E-state index contributed by atoms with van der Waals surface area (Å²) in [6.07, 6.45) is 2.88. The predicted molar refractivity (Wildman–Crippen MR) is 196 cm³/mol. The largest absolute Gasteiger partial charge is 0.464 e. The molecule has 14 heteroatoms. The van der Waals surface area contributed by atoms with Gasteiger partial charge in [-0.1, -0.05) is 24.3 Å². The topological polar surface area (TPSA) is 142 Å². The van der Waals surface area contributed by atoms with Crippen LogP contribution >= 0.6 is 22.6 Å². The third-order valence-electron chi connectivity index (χ3n) is 8.98. The predicted octanol–water partition coefficient (Wildman–Crippen LogP) is 6.37. The summed E-state index contributed by atoms with van der Waals surface area (Å²) in [4.78, 5) is 48.7. The number of ether oxygens (including phenoxy) is 1. The van der Waals surface area contributed by atoms with E-state index in [1.54, 1.807) is 57.0 Å². The Morgan fingerprint density at radius 3 is 2.24 bits per heavy atom. The van der Waals surface area contributed by atoms with Crippen LogP contribution in [0.5, 0.6) is 0 Å². The first-order valence-electron chi connectivity index (χ1n) is 15.9. The van der Waals surface area contributed by atoms with Gasteiger partial charge in [-0.15, -0.1) is 0 Å². The minimum Gasteiger partial charge on any atom is -0.464 e. The molecule has 2 aromatic carbocycles. The van der Waals surface area contributed by atoms with Crippen molar-refractivity contribution in [1.82, 2.24) is 14.5 Å². The maximum Gasteiger partial charge on any atom is 0.417 e. The number of pyridine rings is 1.